The first-order valence-corrected chi connectivity index (χ1v) is 10.1. The van der Waals surface area contributed by atoms with Gasteiger partial charge in [0, 0.05) is 49.9 Å². The zero-order valence-electron chi connectivity index (χ0n) is 16.5. The van der Waals surface area contributed by atoms with Crippen LogP contribution in [0.1, 0.15) is 31.2 Å². The van der Waals surface area contributed by atoms with Gasteiger partial charge in [0.25, 0.3) is 0 Å². The number of para-hydroxylation sites is 1. The topological polar surface area (TPSA) is 32.5 Å². The monoisotopic (exact) mass is 421 g/mol. The molecule has 3 nitrogen and oxygen atoms in total. The van der Waals surface area contributed by atoms with E-state index in [2.05, 4.69) is 70.5 Å². The molecule has 0 amide bonds. The predicted octanol–water partition coefficient (Wildman–Crippen LogP) is 4.49. The molecule has 2 fully saturated rings. The Balaban J connectivity index is 0.00000140. The maximum atomic E-state index is 6.26. The molecule has 1 aliphatic heterocycles. The van der Waals surface area contributed by atoms with Crippen LogP contribution in [-0.2, 0) is 5.41 Å². The van der Waals surface area contributed by atoms with Crippen molar-refractivity contribution < 1.29 is 0 Å². The molecule has 0 atom stereocenters. The number of nitrogens with zero attached hydrogens (tertiary/aromatic N) is 2. The number of hydrogen-bond donors (Lipinski definition) is 1. The molecule has 0 spiro atoms. The van der Waals surface area contributed by atoms with E-state index in [0.717, 1.165) is 25.7 Å². The van der Waals surface area contributed by atoms with E-state index in [-0.39, 0.29) is 30.2 Å². The van der Waals surface area contributed by atoms with Crippen LogP contribution in [0.2, 0.25) is 0 Å². The Labute approximate surface area is 182 Å². The van der Waals surface area contributed by atoms with Crippen LogP contribution in [0.25, 0.3) is 0 Å². The van der Waals surface area contributed by atoms with Crippen molar-refractivity contribution in [2.24, 2.45) is 5.73 Å². The summed E-state index contributed by atoms with van der Waals surface area (Å²) in [6.07, 6.45) is 4.99. The van der Waals surface area contributed by atoms with Gasteiger partial charge in [-0.3, -0.25) is 4.90 Å². The Hall–Kier alpha value is -1.26. The second-order valence-corrected chi connectivity index (χ2v) is 7.94. The molecule has 4 rings (SSSR count). The summed E-state index contributed by atoms with van der Waals surface area (Å²) in [6.45, 7) is 5.41. The lowest BCUT2D eigenvalue weighted by atomic mass is 9.68. The largest absolute Gasteiger partial charge is 0.369 e. The third-order valence-electron chi connectivity index (χ3n) is 6.64. The second kappa shape index (κ2) is 10.5. The van der Waals surface area contributed by atoms with E-state index < -0.39 is 0 Å². The summed E-state index contributed by atoms with van der Waals surface area (Å²) in [6, 6.07) is 22.5. The van der Waals surface area contributed by atoms with E-state index in [4.69, 9.17) is 5.73 Å². The highest BCUT2D eigenvalue weighted by atomic mass is 35.5. The van der Waals surface area contributed by atoms with Crippen LogP contribution in [0.15, 0.2) is 60.7 Å². The van der Waals surface area contributed by atoms with Crippen LogP contribution in [0.4, 0.5) is 5.69 Å². The molecule has 0 aromatic heterocycles. The van der Waals surface area contributed by atoms with Gasteiger partial charge in [0.05, 0.1) is 0 Å². The standard InChI is InChI=1S/C23H31N3.2ClH/c24-19-23(20-7-3-1-4-8-20)13-11-22(12-14-23)26-17-15-25(16-18-26)21-9-5-2-6-10-21;;/h1-10,22H,11-19,24H2;2*1H. The molecule has 0 radical (unpaired) electrons. The molecule has 1 saturated carbocycles. The molecule has 2 aliphatic rings. The SMILES string of the molecule is Cl.Cl.NCC1(c2ccccc2)CCC(N2CCN(c3ccccc3)CC2)CC1. The van der Waals surface area contributed by atoms with Crippen LogP contribution >= 0.6 is 24.8 Å². The molecule has 154 valence electrons. The number of piperazine rings is 1. The number of nitrogens with two attached hydrogens (primary N) is 1. The van der Waals surface area contributed by atoms with E-state index in [0.29, 0.717) is 0 Å². The number of halogens is 2. The average molecular weight is 422 g/mol. The highest BCUT2D eigenvalue weighted by molar-refractivity contribution is 5.85. The van der Waals surface area contributed by atoms with Crippen molar-refractivity contribution in [3.05, 3.63) is 66.2 Å². The van der Waals surface area contributed by atoms with Gasteiger partial charge in [-0.05, 0) is 43.4 Å². The lowest BCUT2D eigenvalue weighted by Crippen LogP contribution is -2.53. The van der Waals surface area contributed by atoms with E-state index in [1.165, 1.54) is 50.0 Å². The fourth-order valence-electron chi connectivity index (χ4n) is 4.91. The van der Waals surface area contributed by atoms with Crippen molar-refractivity contribution in [2.45, 2.75) is 37.1 Å². The molecule has 2 N–H and O–H groups in total. The first-order chi connectivity index (χ1) is 12.8. The van der Waals surface area contributed by atoms with E-state index in [9.17, 15) is 0 Å². The summed E-state index contributed by atoms with van der Waals surface area (Å²) in [4.78, 5) is 5.25. The fourth-order valence-corrected chi connectivity index (χ4v) is 4.91. The molecule has 5 heteroatoms. The summed E-state index contributed by atoms with van der Waals surface area (Å²) in [5.41, 5.74) is 9.26. The summed E-state index contributed by atoms with van der Waals surface area (Å²) in [7, 11) is 0. The summed E-state index contributed by atoms with van der Waals surface area (Å²) >= 11 is 0. The van der Waals surface area contributed by atoms with Gasteiger partial charge in [-0.1, -0.05) is 48.5 Å². The molecule has 0 unspecified atom stereocenters. The molecule has 1 heterocycles. The normalized spacial score (nSPS) is 25.5. The molecule has 28 heavy (non-hydrogen) atoms. The Morgan fingerprint density at radius 1 is 0.786 bits per heavy atom. The van der Waals surface area contributed by atoms with Crippen molar-refractivity contribution in [3.8, 4) is 0 Å². The van der Waals surface area contributed by atoms with Gasteiger partial charge < -0.3 is 10.6 Å². The second-order valence-electron chi connectivity index (χ2n) is 7.94. The van der Waals surface area contributed by atoms with E-state index >= 15 is 0 Å². The fraction of sp³-hybridized carbons (Fsp3) is 0.478. The number of hydrogen-bond acceptors (Lipinski definition) is 3. The summed E-state index contributed by atoms with van der Waals surface area (Å²) < 4.78 is 0. The zero-order valence-corrected chi connectivity index (χ0v) is 18.1. The quantitative estimate of drug-likeness (QED) is 0.788. The van der Waals surface area contributed by atoms with Gasteiger partial charge >= 0.3 is 0 Å². The maximum Gasteiger partial charge on any atom is 0.0367 e. The van der Waals surface area contributed by atoms with E-state index in [1.807, 2.05) is 0 Å². The minimum atomic E-state index is 0. The summed E-state index contributed by atoms with van der Waals surface area (Å²) in [5.74, 6) is 0. The average Bonchev–Trinajstić information content (AvgIpc) is 2.75. The van der Waals surface area contributed by atoms with Crippen molar-refractivity contribution in [1.82, 2.24) is 4.90 Å². The molecule has 2 aromatic rings. The molecule has 1 saturated heterocycles. The van der Waals surface area contributed by atoms with Gasteiger partial charge in [0.2, 0.25) is 0 Å². The Morgan fingerprint density at radius 2 is 1.32 bits per heavy atom. The molecular weight excluding hydrogens is 389 g/mol. The first kappa shape index (κ1) is 23.0. The lowest BCUT2D eigenvalue weighted by Gasteiger charge is -2.46. The van der Waals surface area contributed by atoms with Crippen LogP contribution in [-0.4, -0.2) is 43.7 Å². The smallest absolute Gasteiger partial charge is 0.0367 e. The van der Waals surface area contributed by atoms with Gasteiger partial charge in [-0.15, -0.1) is 24.8 Å². The lowest BCUT2D eigenvalue weighted by molar-refractivity contribution is 0.119. The van der Waals surface area contributed by atoms with Crippen LogP contribution < -0.4 is 10.6 Å². The number of rotatable bonds is 4. The minimum Gasteiger partial charge on any atom is -0.369 e. The Morgan fingerprint density at radius 3 is 1.86 bits per heavy atom. The van der Waals surface area contributed by atoms with Crippen LogP contribution in [0, 0.1) is 0 Å². The minimum absolute atomic E-state index is 0. The van der Waals surface area contributed by atoms with E-state index in [1.54, 1.807) is 0 Å². The third-order valence-corrected chi connectivity index (χ3v) is 6.64. The molecule has 0 bridgehead atoms. The number of benzene rings is 2. The molecule has 1 aliphatic carbocycles. The first-order valence-electron chi connectivity index (χ1n) is 10.1. The summed E-state index contributed by atoms with van der Waals surface area (Å²) in [5, 5.41) is 0. The molecular formula is C23H33Cl2N3. The highest BCUT2D eigenvalue weighted by Gasteiger charge is 2.37. The Kier molecular flexibility index (Phi) is 8.63. The van der Waals surface area contributed by atoms with Crippen molar-refractivity contribution in [3.63, 3.8) is 0 Å². The van der Waals surface area contributed by atoms with Crippen molar-refractivity contribution in [2.75, 3.05) is 37.6 Å². The van der Waals surface area contributed by atoms with Crippen molar-refractivity contribution in [1.29, 1.82) is 0 Å². The van der Waals surface area contributed by atoms with Crippen molar-refractivity contribution >= 4 is 30.5 Å². The van der Waals surface area contributed by atoms with Gasteiger partial charge in [-0.2, -0.15) is 0 Å². The molecule has 2 aromatic carbocycles. The van der Waals surface area contributed by atoms with Gasteiger partial charge in [-0.25, -0.2) is 0 Å². The highest BCUT2D eigenvalue weighted by Crippen LogP contribution is 2.40. The third kappa shape index (κ3) is 4.83. The van der Waals surface area contributed by atoms with Gasteiger partial charge in [0.15, 0.2) is 0 Å². The maximum absolute atomic E-state index is 6.26. The van der Waals surface area contributed by atoms with Crippen LogP contribution in [0.5, 0.6) is 0 Å². The Bertz CT molecular complexity index is 680. The zero-order chi connectivity index (χ0) is 17.8. The van der Waals surface area contributed by atoms with Gasteiger partial charge in [0.1, 0.15) is 0 Å². The van der Waals surface area contributed by atoms with Crippen LogP contribution in [0.3, 0.4) is 0 Å². The number of anilines is 1. The predicted molar refractivity (Wildman–Crippen MR) is 124 cm³/mol.